The number of hydrogen-bond acceptors (Lipinski definition) is 4. The highest BCUT2D eigenvalue weighted by Crippen LogP contribution is 2.28. The minimum Gasteiger partial charge on any atom is -0.396 e. The van der Waals surface area contributed by atoms with E-state index in [-0.39, 0.29) is 17.9 Å². The zero-order valence-corrected chi connectivity index (χ0v) is 11.6. The lowest BCUT2D eigenvalue weighted by Gasteiger charge is -2.37. The van der Waals surface area contributed by atoms with Gasteiger partial charge in [-0.2, -0.15) is 4.31 Å². The first-order chi connectivity index (χ1) is 8.66. The molecule has 0 aliphatic carbocycles. The summed E-state index contributed by atoms with van der Waals surface area (Å²) in [6.45, 7) is 1.76. The maximum absolute atomic E-state index is 12.6. The number of rotatable bonds is 4. The molecule has 0 aromatic heterocycles. The van der Waals surface area contributed by atoms with E-state index >= 15 is 0 Å². The number of hydrogen-bond donors (Lipinski definition) is 1. The van der Waals surface area contributed by atoms with Crippen molar-refractivity contribution in [1.29, 1.82) is 0 Å². The van der Waals surface area contributed by atoms with E-state index in [1.54, 1.807) is 4.31 Å². The van der Waals surface area contributed by atoms with Gasteiger partial charge in [0, 0.05) is 32.4 Å². The molecule has 0 aromatic carbocycles. The summed E-state index contributed by atoms with van der Waals surface area (Å²) in [5.41, 5.74) is 0. The van der Waals surface area contributed by atoms with Gasteiger partial charge in [-0.1, -0.05) is 6.42 Å². The molecule has 0 aromatic rings. The second-order valence-corrected chi connectivity index (χ2v) is 7.29. The summed E-state index contributed by atoms with van der Waals surface area (Å²) in [5, 5.41) is 8.78. The Morgan fingerprint density at radius 1 is 1.17 bits per heavy atom. The Hall–Kier alpha value is -0.170. The smallest absolute Gasteiger partial charge is 0.217 e. The highest BCUT2D eigenvalue weighted by Gasteiger charge is 2.38. The zero-order valence-electron chi connectivity index (χ0n) is 10.8. The normalized spacial score (nSPS) is 28.4. The van der Waals surface area contributed by atoms with E-state index < -0.39 is 10.0 Å². The van der Waals surface area contributed by atoms with E-state index in [4.69, 9.17) is 9.84 Å². The topological polar surface area (TPSA) is 66.8 Å². The number of aliphatic hydroxyl groups excluding tert-OH is 1. The molecule has 106 valence electrons. The fourth-order valence-corrected chi connectivity index (χ4v) is 5.09. The Bertz CT molecular complexity index is 349. The van der Waals surface area contributed by atoms with Crippen LogP contribution in [0.1, 0.15) is 38.5 Å². The van der Waals surface area contributed by atoms with Crippen molar-refractivity contribution in [2.24, 2.45) is 0 Å². The van der Waals surface area contributed by atoms with Crippen LogP contribution in [0, 0.1) is 0 Å². The van der Waals surface area contributed by atoms with Crippen LogP contribution in [0.4, 0.5) is 0 Å². The first kappa shape index (κ1) is 14.2. The number of aliphatic hydroxyl groups is 1. The average molecular weight is 277 g/mol. The van der Waals surface area contributed by atoms with Gasteiger partial charge in [0.2, 0.25) is 10.0 Å². The molecule has 18 heavy (non-hydrogen) atoms. The van der Waals surface area contributed by atoms with E-state index in [0.717, 1.165) is 19.3 Å². The first-order valence-corrected chi connectivity index (χ1v) is 8.36. The number of piperidine rings is 1. The van der Waals surface area contributed by atoms with Gasteiger partial charge in [-0.15, -0.1) is 0 Å². The molecule has 1 unspecified atom stereocenters. The Morgan fingerprint density at radius 2 is 1.89 bits per heavy atom. The van der Waals surface area contributed by atoms with Crippen molar-refractivity contribution in [1.82, 2.24) is 4.31 Å². The largest absolute Gasteiger partial charge is 0.396 e. The third kappa shape index (κ3) is 3.04. The molecule has 0 spiro atoms. The fraction of sp³-hybridized carbons (Fsp3) is 1.00. The second-order valence-electron chi connectivity index (χ2n) is 5.13. The third-order valence-corrected chi connectivity index (χ3v) is 6.40. The lowest BCUT2D eigenvalue weighted by atomic mass is 10.0. The zero-order chi connectivity index (χ0) is 13.0. The summed E-state index contributed by atoms with van der Waals surface area (Å²) in [4.78, 5) is 0. The van der Waals surface area contributed by atoms with E-state index in [2.05, 4.69) is 0 Å². The van der Waals surface area contributed by atoms with Crippen molar-refractivity contribution < 1.29 is 18.3 Å². The fourth-order valence-electron chi connectivity index (χ4n) is 2.91. The van der Waals surface area contributed by atoms with Crippen molar-refractivity contribution in [3.63, 3.8) is 0 Å². The molecule has 0 amide bonds. The minimum absolute atomic E-state index is 0.00315. The molecule has 5 nitrogen and oxygen atoms in total. The van der Waals surface area contributed by atoms with Crippen LogP contribution in [-0.4, -0.2) is 55.5 Å². The molecular weight excluding hydrogens is 254 g/mol. The van der Waals surface area contributed by atoms with Crippen molar-refractivity contribution in [2.75, 3.05) is 26.4 Å². The lowest BCUT2D eigenvalue weighted by molar-refractivity contribution is 0.0958. The van der Waals surface area contributed by atoms with Crippen LogP contribution in [0.5, 0.6) is 0 Å². The van der Waals surface area contributed by atoms with Gasteiger partial charge in [-0.05, 0) is 32.1 Å². The van der Waals surface area contributed by atoms with Gasteiger partial charge in [0.25, 0.3) is 0 Å². The maximum atomic E-state index is 12.6. The first-order valence-electron chi connectivity index (χ1n) is 6.85. The Balaban J connectivity index is 2.10. The van der Waals surface area contributed by atoms with Crippen LogP contribution in [0.25, 0.3) is 0 Å². The molecule has 2 fully saturated rings. The minimum atomic E-state index is -3.21. The Kier molecular flexibility index (Phi) is 5.00. The second kappa shape index (κ2) is 6.32. The van der Waals surface area contributed by atoms with E-state index in [1.807, 2.05) is 0 Å². The standard InChI is InChI=1S/C12H23NO4S/c14-8-4-11-3-1-2-7-13(11)18(15,16)12-5-9-17-10-6-12/h11-12,14H,1-10H2. The predicted molar refractivity (Wildman–Crippen MR) is 68.8 cm³/mol. The van der Waals surface area contributed by atoms with Crippen LogP contribution in [0.15, 0.2) is 0 Å². The SMILES string of the molecule is O=S(=O)(C1CCOCC1)N1CCCCC1CCO. The van der Waals surface area contributed by atoms with Crippen molar-refractivity contribution >= 4 is 10.0 Å². The van der Waals surface area contributed by atoms with Crippen LogP contribution >= 0.6 is 0 Å². The summed E-state index contributed by atoms with van der Waals surface area (Å²) in [7, 11) is -3.21. The summed E-state index contributed by atoms with van der Waals surface area (Å²) in [6.07, 6.45) is 4.63. The summed E-state index contributed by atoms with van der Waals surface area (Å²) in [5.74, 6) is 0. The van der Waals surface area contributed by atoms with Crippen molar-refractivity contribution in [2.45, 2.75) is 49.8 Å². The van der Waals surface area contributed by atoms with Crippen LogP contribution < -0.4 is 0 Å². The number of nitrogens with zero attached hydrogens (tertiary/aromatic N) is 1. The molecule has 0 saturated carbocycles. The van der Waals surface area contributed by atoms with E-state index in [0.29, 0.717) is 39.0 Å². The Labute approximate surface area is 109 Å². The van der Waals surface area contributed by atoms with Gasteiger partial charge < -0.3 is 9.84 Å². The summed E-state index contributed by atoms with van der Waals surface area (Å²) < 4.78 is 32.1. The molecule has 2 heterocycles. The highest BCUT2D eigenvalue weighted by molar-refractivity contribution is 7.89. The van der Waals surface area contributed by atoms with Gasteiger partial charge in [0.05, 0.1) is 5.25 Å². The predicted octanol–water partition coefficient (Wildman–Crippen LogP) is 0.732. The molecule has 2 aliphatic heterocycles. The molecular formula is C12H23NO4S. The molecule has 1 N–H and O–H groups in total. The summed E-state index contributed by atoms with van der Waals surface area (Å²) in [6, 6.07) is -0.00315. The van der Waals surface area contributed by atoms with Crippen LogP contribution in [0.3, 0.4) is 0 Å². The van der Waals surface area contributed by atoms with Gasteiger partial charge in [0.1, 0.15) is 0 Å². The molecule has 0 radical (unpaired) electrons. The van der Waals surface area contributed by atoms with Gasteiger partial charge in [0.15, 0.2) is 0 Å². The van der Waals surface area contributed by atoms with Crippen molar-refractivity contribution in [3.8, 4) is 0 Å². The van der Waals surface area contributed by atoms with Gasteiger partial charge in [-0.25, -0.2) is 8.42 Å². The quantitative estimate of drug-likeness (QED) is 0.823. The van der Waals surface area contributed by atoms with Crippen LogP contribution in [-0.2, 0) is 14.8 Å². The molecule has 1 atom stereocenters. The molecule has 0 bridgehead atoms. The number of sulfonamides is 1. The number of ether oxygens (including phenoxy) is 1. The highest BCUT2D eigenvalue weighted by atomic mass is 32.2. The van der Waals surface area contributed by atoms with Gasteiger partial charge in [-0.3, -0.25) is 0 Å². The molecule has 2 rings (SSSR count). The third-order valence-electron chi connectivity index (χ3n) is 3.95. The monoisotopic (exact) mass is 277 g/mol. The maximum Gasteiger partial charge on any atom is 0.217 e. The lowest BCUT2D eigenvalue weighted by Crippen LogP contribution is -2.49. The molecule has 6 heteroatoms. The molecule has 2 saturated heterocycles. The average Bonchev–Trinajstić information content (AvgIpc) is 2.41. The summed E-state index contributed by atoms with van der Waals surface area (Å²) >= 11 is 0. The van der Waals surface area contributed by atoms with Gasteiger partial charge >= 0.3 is 0 Å². The van der Waals surface area contributed by atoms with E-state index in [1.165, 1.54) is 0 Å². The molecule has 2 aliphatic rings. The Morgan fingerprint density at radius 3 is 2.56 bits per heavy atom. The van der Waals surface area contributed by atoms with Crippen molar-refractivity contribution in [3.05, 3.63) is 0 Å². The van der Waals surface area contributed by atoms with Crippen LogP contribution in [0.2, 0.25) is 0 Å². The van der Waals surface area contributed by atoms with E-state index in [9.17, 15) is 8.42 Å².